The predicted octanol–water partition coefficient (Wildman–Crippen LogP) is 22.4. The third kappa shape index (κ3) is 67.7. The number of hydrogen-bond donors (Lipinski definition) is 3. The number of carbonyl (C=O) groups excluding carboxylic acids is 1. The maximum Gasteiger partial charge on any atom is 0.472 e. The van der Waals surface area contributed by atoms with Crippen molar-refractivity contribution >= 4 is 13.7 Å². The van der Waals surface area contributed by atoms with Gasteiger partial charge in [-0.15, -0.1) is 0 Å². The Bertz CT molecular complexity index is 1900. The minimum Gasteiger partial charge on any atom is -0.387 e. The van der Waals surface area contributed by atoms with E-state index in [1.54, 1.807) is 6.08 Å². The summed E-state index contributed by atoms with van der Waals surface area (Å²) in [5.74, 6) is -0.196. The number of nitrogens with zero attached hydrogens (tertiary/aromatic N) is 1. The van der Waals surface area contributed by atoms with Crippen LogP contribution in [0.3, 0.4) is 0 Å². The smallest absolute Gasteiger partial charge is 0.387 e. The topological polar surface area (TPSA) is 105 Å². The highest BCUT2D eigenvalue weighted by Gasteiger charge is 2.28. The van der Waals surface area contributed by atoms with E-state index in [4.69, 9.17) is 9.05 Å². The lowest BCUT2D eigenvalue weighted by Gasteiger charge is -2.25. The first-order valence-electron chi connectivity index (χ1n) is 34.7. The van der Waals surface area contributed by atoms with Crippen molar-refractivity contribution in [1.82, 2.24) is 5.32 Å². The number of phosphoric ester groups is 1. The van der Waals surface area contributed by atoms with E-state index < -0.39 is 20.0 Å². The third-order valence-electron chi connectivity index (χ3n) is 14.8. The number of amides is 1. The second-order valence-electron chi connectivity index (χ2n) is 24.2. The van der Waals surface area contributed by atoms with Crippen molar-refractivity contribution in [2.24, 2.45) is 0 Å². The fourth-order valence-electron chi connectivity index (χ4n) is 9.42. The van der Waals surface area contributed by atoms with Gasteiger partial charge < -0.3 is 19.8 Å². The summed E-state index contributed by atoms with van der Waals surface area (Å²) in [6.07, 6.45) is 99.9. The van der Waals surface area contributed by atoms with Crippen LogP contribution in [0.15, 0.2) is 146 Å². The standard InChI is InChI=1S/C76H131N2O6P/c1-6-8-10-12-14-16-18-20-22-24-26-28-30-31-32-33-34-35-36-37-38-39-40-41-42-43-44-45-46-47-48-50-52-54-56-58-60-62-64-66-68-70-76(80)77-74(73-84-85(81,82)83-72-71-78(3,4)5)75(79)69-67-65-63-61-59-57-55-53-51-49-29-27-25-23-21-19-17-15-13-11-9-7-2/h8,10,14,16,20,22,26,28,31-32,34-35,37-38,40-41,43-44,51,53,59,61,67,69,74-75,79H,6-7,9,11-13,15,17-19,21,23-25,27,29-30,33,36,39,42,45-50,52,54-58,60,62-66,68,70-73H2,1-5H3,(H-,77,80,81,82)/p+1/b10-8-,16-14-,22-20-,28-26-,32-31-,35-34-,38-37-,41-40-,44-43-,53-51+,61-59+,69-67+. The molecule has 0 aromatic carbocycles. The Kier molecular flexibility index (Phi) is 62.1. The number of rotatable bonds is 62. The molecule has 0 spiro atoms. The van der Waals surface area contributed by atoms with Gasteiger partial charge >= 0.3 is 7.82 Å². The van der Waals surface area contributed by atoms with Gasteiger partial charge in [-0.05, 0) is 116 Å². The number of phosphoric acid groups is 1. The number of quaternary nitrogens is 1. The lowest BCUT2D eigenvalue weighted by molar-refractivity contribution is -0.870. The Balaban J connectivity index is 4.13. The predicted molar refractivity (Wildman–Crippen MR) is 373 cm³/mol. The highest BCUT2D eigenvalue weighted by atomic mass is 31.2. The molecule has 0 saturated carbocycles. The number of likely N-dealkylation sites (N-methyl/N-ethyl adjacent to an activating group) is 1. The molecular weight excluding hydrogens is 1070 g/mol. The van der Waals surface area contributed by atoms with E-state index in [0.717, 1.165) is 103 Å². The summed E-state index contributed by atoms with van der Waals surface area (Å²) in [6.45, 7) is 4.68. The van der Waals surface area contributed by atoms with Crippen LogP contribution in [-0.4, -0.2) is 73.4 Å². The van der Waals surface area contributed by atoms with Crippen molar-refractivity contribution in [2.75, 3.05) is 40.9 Å². The van der Waals surface area contributed by atoms with Gasteiger partial charge in [0.05, 0.1) is 39.9 Å². The molecule has 9 heteroatoms. The van der Waals surface area contributed by atoms with Crippen LogP contribution in [0.2, 0.25) is 0 Å². The van der Waals surface area contributed by atoms with Gasteiger partial charge in [0.15, 0.2) is 0 Å². The molecule has 8 nitrogen and oxygen atoms in total. The fourth-order valence-corrected chi connectivity index (χ4v) is 10.2. The van der Waals surface area contributed by atoms with Crippen molar-refractivity contribution in [1.29, 1.82) is 0 Å². The number of aliphatic hydroxyl groups excluding tert-OH is 1. The normalized spacial score (nSPS) is 14.6. The van der Waals surface area contributed by atoms with Crippen molar-refractivity contribution in [2.45, 2.75) is 289 Å². The molecule has 3 N–H and O–H groups in total. The zero-order valence-corrected chi connectivity index (χ0v) is 56.4. The van der Waals surface area contributed by atoms with Crippen LogP contribution in [0, 0.1) is 0 Å². The fraction of sp³-hybridized carbons (Fsp3) is 0.671. The molecule has 0 aromatic rings. The van der Waals surface area contributed by atoms with Crippen LogP contribution in [-0.2, 0) is 18.4 Å². The summed E-state index contributed by atoms with van der Waals surface area (Å²) in [5, 5.41) is 14.0. The maximum absolute atomic E-state index is 13.0. The van der Waals surface area contributed by atoms with Gasteiger partial charge in [0.25, 0.3) is 0 Å². The summed E-state index contributed by atoms with van der Waals surface area (Å²) >= 11 is 0. The van der Waals surface area contributed by atoms with Crippen LogP contribution in [0.4, 0.5) is 0 Å². The van der Waals surface area contributed by atoms with Crippen LogP contribution in [0.5, 0.6) is 0 Å². The lowest BCUT2D eigenvalue weighted by Crippen LogP contribution is -2.45. The SMILES string of the molecule is CC/C=C\C/C=C\C/C=C\C/C=C\C/C=C\C/C=C\C/C=C\C/C=C\C/C=C\CCCCCCCCCCCCCCCC(=O)NC(COP(=O)(O)OCC[N+](C)(C)C)C(O)/C=C/CC/C=C/CC/C=C/CCCCCCCCCCCCCC. The van der Waals surface area contributed by atoms with E-state index in [1.807, 2.05) is 27.2 Å². The van der Waals surface area contributed by atoms with Gasteiger partial charge in [-0.1, -0.05) is 301 Å². The largest absolute Gasteiger partial charge is 0.472 e. The summed E-state index contributed by atoms with van der Waals surface area (Å²) in [7, 11) is 1.53. The minimum absolute atomic E-state index is 0.0476. The summed E-state index contributed by atoms with van der Waals surface area (Å²) < 4.78 is 23.8. The van der Waals surface area contributed by atoms with Crippen LogP contribution in [0.25, 0.3) is 0 Å². The monoisotopic (exact) mass is 1200 g/mol. The summed E-state index contributed by atoms with van der Waals surface area (Å²) in [5.41, 5.74) is 0. The van der Waals surface area contributed by atoms with E-state index >= 15 is 0 Å². The Labute approximate surface area is 525 Å². The van der Waals surface area contributed by atoms with Crippen LogP contribution < -0.4 is 5.32 Å². The first kappa shape index (κ1) is 81.4. The second kappa shape index (κ2) is 64.8. The number of allylic oxidation sites excluding steroid dienone is 23. The van der Waals surface area contributed by atoms with E-state index in [1.165, 1.54) is 154 Å². The molecule has 1 amide bonds. The molecule has 0 heterocycles. The molecule has 0 rings (SSSR count). The molecule has 0 bridgehead atoms. The molecular formula is C76H132N2O6P+. The molecule has 3 unspecified atom stereocenters. The van der Waals surface area contributed by atoms with Gasteiger partial charge in [0, 0.05) is 6.42 Å². The average Bonchev–Trinajstić information content (AvgIpc) is 3.48. The molecule has 0 radical (unpaired) electrons. The molecule has 0 aliphatic rings. The zero-order valence-electron chi connectivity index (χ0n) is 55.5. The number of unbranched alkanes of at least 4 members (excludes halogenated alkanes) is 27. The molecule has 486 valence electrons. The second-order valence-corrected chi connectivity index (χ2v) is 25.6. The Morgan fingerprint density at radius 3 is 1.08 bits per heavy atom. The van der Waals surface area contributed by atoms with Gasteiger partial charge in [-0.25, -0.2) is 4.57 Å². The van der Waals surface area contributed by atoms with Gasteiger partial charge in [-0.2, -0.15) is 0 Å². The summed E-state index contributed by atoms with van der Waals surface area (Å²) in [4.78, 5) is 23.4. The number of nitrogens with one attached hydrogen (secondary N) is 1. The molecule has 0 aliphatic heterocycles. The van der Waals surface area contributed by atoms with Gasteiger partial charge in [0.1, 0.15) is 13.2 Å². The van der Waals surface area contributed by atoms with Crippen LogP contribution >= 0.6 is 7.82 Å². The van der Waals surface area contributed by atoms with E-state index in [-0.39, 0.29) is 19.1 Å². The third-order valence-corrected chi connectivity index (χ3v) is 15.8. The molecule has 3 atom stereocenters. The number of hydrogen-bond acceptors (Lipinski definition) is 5. The molecule has 0 aliphatic carbocycles. The highest BCUT2D eigenvalue weighted by molar-refractivity contribution is 7.47. The highest BCUT2D eigenvalue weighted by Crippen LogP contribution is 2.43. The average molecular weight is 1200 g/mol. The van der Waals surface area contributed by atoms with Crippen molar-refractivity contribution in [3.63, 3.8) is 0 Å². The molecule has 0 saturated heterocycles. The van der Waals surface area contributed by atoms with Crippen molar-refractivity contribution in [3.05, 3.63) is 146 Å². The molecule has 0 fully saturated rings. The zero-order chi connectivity index (χ0) is 61.9. The minimum atomic E-state index is -4.37. The van der Waals surface area contributed by atoms with E-state index in [0.29, 0.717) is 17.4 Å². The van der Waals surface area contributed by atoms with E-state index in [9.17, 15) is 19.4 Å². The van der Waals surface area contributed by atoms with E-state index in [2.05, 4.69) is 153 Å². The summed E-state index contributed by atoms with van der Waals surface area (Å²) in [6, 6.07) is -0.881. The van der Waals surface area contributed by atoms with Crippen molar-refractivity contribution < 1.29 is 32.9 Å². The Hall–Kier alpha value is -3.62. The Morgan fingerprint density at radius 2 is 0.718 bits per heavy atom. The first-order valence-corrected chi connectivity index (χ1v) is 36.2. The Morgan fingerprint density at radius 1 is 0.412 bits per heavy atom. The number of aliphatic hydroxyl groups is 1. The van der Waals surface area contributed by atoms with Crippen LogP contribution in [0.1, 0.15) is 277 Å². The first-order chi connectivity index (χ1) is 41.5. The molecule has 85 heavy (non-hydrogen) atoms. The lowest BCUT2D eigenvalue weighted by atomic mass is 10.0. The maximum atomic E-state index is 13.0. The van der Waals surface area contributed by atoms with Gasteiger partial charge in [-0.3, -0.25) is 13.8 Å². The quantitative estimate of drug-likeness (QED) is 0.0243. The number of carbonyl (C=O) groups is 1. The molecule has 0 aromatic heterocycles. The van der Waals surface area contributed by atoms with Crippen molar-refractivity contribution in [3.8, 4) is 0 Å². The van der Waals surface area contributed by atoms with Gasteiger partial charge in [0.2, 0.25) is 5.91 Å².